The van der Waals surface area contributed by atoms with Gasteiger partial charge in [-0.05, 0) is 55.8 Å². The number of aromatic amines is 1. The molecule has 1 amide bonds. The van der Waals surface area contributed by atoms with E-state index in [1.807, 2.05) is 50.2 Å². The lowest BCUT2D eigenvalue weighted by Crippen LogP contribution is -2.34. The van der Waals surface area contributed by atoms with E-state index in [-0.39, 0.29) is 12.0 Å². The molecule has 8 heteroatoms. The summed E-state index contributed by atoms with van der Waals surface area (Å²) in [5.41, 5.74) is 6.54. The molecule has 2 aromatic carbocycles. The Hall–Kier alpha value is -4.20. The molecule has 0 saturated carbocycles. The summed E-state index contributed by atoms with van der Waals surface area (Å²) >= 11 is 0. The molecular formula is C26H25N5O3. The van der Waals surface area contributed by atoms with Gasteiger partial charge >= 0.3 is 0 Å². The maximum absolute atomic E-state index is 12.7. The molecule has 172 valence electrons. The van der Waals surface area contributed by atoms with Crippen LogP contribution in [0.2, 0.25) is 0 Å². The second-order valence-electron chi connectivity index (χ2n) is 8.29. The lowest BCUT2D eigenvalue weighted by Gasteiger charge is -2.14. The lowest BCUT2D eigenvalue weighted by atomic mass is 10.0. The Morgan fingerprint density at radius 1 is 1.21 bits per heavy atom. The number of para-hydroxylation sites is 1. The van der Waals surface area contributed by atoms with Gasteiger partial charge in [-0.1, -0.05) is 12.1 Å². The number of amides is 1. The van der Waals surface area contributed by atoms with Crippen LogP contribution < -0.4 is 14.8 Å². The van der Waals surface area contributed by atoms with Crippen LogP contribution in [0.3, 0.4) is 0 Å². The number of H-pyrrole nitrogens is 1. The highest BCUT2D eigenvalue weighted by Gasteiger charge is 2.27. The van der Waals surface area contributed by atoms with Gasteiger partial charge < -0.3 is 14.8 Å². The van der Waals surface area contributed by atoms with Gasteiger partial charge in [0, 0.05) is 23.7 Å². The number of nitrogens with zero attached hydrogens (tertiary/aromatic N) is 3. The van der Waals surface area contributed by atoms with Gasteiger partial charge in [-0.2, -0.15) is 5.10 Å². The largest absolute Gasteiger partial charge is 0.497 e. The molecule has 3 heterocycles. The normalized spacial score (nSPS) is 14.4. The number of ether oxygens (including phenoxy) is 2. The Balaban J connectivity index is 1.25. The maximum Gasteiger partial charge on any atom is 0.269 e. The second-order valence-corrected chi connectivity index (χ2v) is 8.29. The minimum absolute atomic E-state index is 0.165. The van der Waals surface area contributed by atoms with Gasteiger partial charge in [0.2, 0.25) is 0 Å². The summed E-state index contributed by atoms with van der Waals surface area (Å²) in [6, 6.07) is 15.3. The zero-order chi connectivity index (χ0) is 23.7. The van der Waals surface area contributed by atoms with E-state index in [2.05, 4.69) is 31.5 Å². The van der Waals surface area contributed by atoms with Gasteiger partial charge in [0.25, 0.3) is 5.91 Å². The molecule has 1 aliphatic heterocycles. The smallest absolute Gasteiger partial charge is 0.269 e. The van der Waals surface area contributed by atoms with Gasteiger partial charge in [0.1, 0.15) is 23.3 Å². The number of nitrogens with one attached hydrogen (secondary N) is 2. The highest BCUT2D eigenvalue weighted by molar-refractivity contribution is 5.93. The van der Waals surface area contributed by atoms with Gasteiger partial charge in [-0.15, -0.1) is 0 Å². The summed E-state index contributed by atoms with van der Waals surface area (Å²) in [6.07, 6.45) is 2.31. The van der Waals surface area contributed by atoms with E-state index in [1.165, 1.54) is 0 Å². The number of hydrogen-bond donors (Lipinski definition) is 2. The summed E-state index contributed by atoms with van der Waals surface area (Å²) in [4.78, 5) is 21.8. The van der Waals surface area contributed by atoms with E-state index < -0.39 is 0 Å². The Morgan fingerprint density at radius 3 is 2.82 bits per heavy atom. The topological polar surface area (TPSA) is 102 Å². The molecule has 0 aliphatic carbocycles. The van der Waals surface area contributed by atoms with Crippen LogP contribution in [0.25, 0.3) is 22.5 Å². The zero-order valence-corrected chi connectivity index (χ0v) is 19.3. The lowest BCUT2D eigenvalue weighted by molar-refractivity contribution is 0.0928. The summed E-state index contributed by atoms with van der Waals surface area (Å²) < 4.78 is 11.4. The average Bonchev–Trinajstić information content (AvgIpc) is 3.51. The molecular weight excluding hydrogens is 430 g/mol. The van der Waals surface area contributed by atoms with Crippen molar-refractivity contribution in [1.82, 2.24) is 25.5 Å². The van der Waals surface area contributed by atoms with Crippen LogP contribution in [0.5, 0.6) is 11.5 Å². The fourth-order valence-electron chi connectivity index (χ4n) is 4.08. The predicted molar refractivity (Wildman–Crippen MR) is 128 cm³/mol. The third-order valence-corrected chi connectivity index (χ3v) is 5.86. The van der Waals surface area contributed by atoms with Crippen LogP contribution in [0.4, 0.5) is 0 Å². The number of benzene rings is 2. The summed E-state index contributed by atoms with van der Waals surface area (Å²) in [5, 5.41) is 10.0. The first kappa shape index (κ1) is 21.6. The van der Waals surface area contributed by atoms with Crippen LogP contribution in [0.15, 0.2) is 54.7 Å². The standard InChI is InChI=1S/C26H25N5O3/c1-15-13-27-16(2)24(29-15)21-6-4-5-18-11-20(34-25(18)21)14-28-26(32)23-12-22(30-31-23)17-7-9-19(33-3)10-8-17/h4-10,12-13,20H,11,14H2,1-3H3,(H,28,32)(H,30,31)/t20-/m0/s1. The first-order chi connectivity index (χ1) is 16.5. The van der Waals surface area contributed by atoms with Crippen LogP contribution in [0.1, 0.15) is 27.4 Å². The average molecular weight is 456 g/mol. The molecule has 0 bridgehead atoms. The van der Waals surface area contributed by atoms with Crippen LogP contribution in [0, 0.1) is 13.8 Å². The van der Waals surface area contributed by atoms with E-state index in [1.54, 1.807) is 19.4 Å². The fraction of sp³-hybridized carbons (Fsp3) is 0.231. The van der Waals surface area contributed by atoms with Crippen LogP contribution >= 0.6 is 0 Å². The number of fused-ring (bicyclic) bond motifs is 1. The van der Waals surface area contributed by atoms with E-state index in [9.17, 15) is 4.79 Å². The van der Waals surface area contributed by atoms with Crippen LogP contribution in [-0.4, -0.2) is 45.8 Å². The highest BCUT2D eigenvalue weighted by Crippen LogP contribution is 2.38. The number of carbonyl (C=O) groups is 1. The molecule has 0 spiro atoms. The first-order valence-electron chi connectivity index (χ1n) is 11.1. The quantitative estimate of drug-likeness (QED) is 0.457. The monoisotopic (exact) mass is 455 g/mol. The zero-order valence-electron chi connectivity index (χ0n) is 19.3. The van der Waals surface area contributed by atoms with Gasteiger partial charge in [0.05, 0.1) is 36.4 Å². The van der Waals surface area contributed by atoms with Crippen molar-refractivity contribution in [3.8, 4) is 34.0 Å². The van der Waals surface area contributed by atoms with Crippen LogP contribution in [-0.2, 0) is 6.42 Å². The first-order valence-corrected chi connectivity index (χ1v) is 11.1. The molecule has 0 saturated heterocycles. The van der Waals surface area contributed by atoms with E-state index in [0.717, 1.165) is 45.3 Å². The van der Waals surface area contributed by atoms with E-state index in [4.69, 9.17) is 9.47 Å². The minimum Gasteiger partial charge on any atom is -0.497 e. The second kappa shape index (κ2) is 8.97. The van der Waals surface area contributed by atoms with Crippen molar-refractivity contribution in [1.29, 1.82) is 0 Å². The minimum atomic E-state index is -0.229. The third kappa shape index (κ3) is 4.22. The number of hydrogen-bond acceptors (Lipinski definition) is 6. The van der Waals surface area contributed by atoms with Gasteiger partial charge in [-0.25, -0.2) is 4.98 Å². The van der Waals surface area contributed by atoms with Crippen molar-refractivity contribution in [2.75, 3.05) is 13.7 Å². The molecule has 4 aromatic rings. The summed E-state index contributed by atoms with van der Waals surface area (Å²) in [6.45, 7) is 4.24. The van der Waals surface area contributed by atoms with Crippen molar-refractivity contribution in [2.24, 2.45) is 0 Å². The molecule has 2 N–H and O–H groups in total. The number of carbonyl (C=O) groups excluding carboxylic acids is 1. The molecule has 34 heavy (non-hydrogen) atoms. The Morgan fingerprint density at radius 2 is 2.03 bits per heavy atom. The molecule has 5 rings (SSSR count). The van der Waals surface area contributed by atoms with E-state index in [0.29, 0.717) is 24.4 Å². The number of methoxy groups -OCH3 is 1. The number of aryl methyl sites for hydroxylation is 2. The highest BCUT2D eigenvalue weighted by atomic mass is 16.5. The van der Waals surface area contributed by atoms with Gasteiger partial charge in [-0.3, -0.25) is 14.9 Å². The Kier molecular flexibility index (Phi) is 5.71. The Labute approximate surface area is 197 Å². The molecule has 1 atom stereocenters. The van der Waals surface area contributed by atoms with Crippen molar-refractivity contribution < 1.29 is 14.3 Å². The molecule has 8 nitrogen and oxygen atoms in total. The molecule has 0 fully saturated rings. The van der Waals surface area contributed by atoms with E-state index >= 15 is 0 Å². The Bertz CT molecular complexity index is 1350. The van der Waals surface area contributed by atoms with Crippen molar-refractivity contribution >= 4 is 5.91 Å². The van der Waals surface area contributed by atoms with Crippen molar-refractivity contribution in [3.05, 3.63) is 77.4 Å². The maximum atomic E-state index is 12.7. The molecule has 2 aromatic heterocycles. The van der Waals surface area contributed by atoms with Crippen molar-refractivity contribution in [2.45, 2.75) is 26.4 Å². The van der Waals surface area contributed by atoms with Crippen molar-refractivity contribution in [3.63, 3.8) is 0 Å². The number of rotatable bonds is 6. The molecule has 0 unspecified atom stereocenters. The SMILES string of the molecule is COc1ccc(-c2cc(C(=O)NC[C@@H]3Cc4cccc(-c5nc(C)cnc5C)c4O3)[nH]n2)cc1. The fourth-order valence-corrected chi connectivity index (χ4v) is 4.08. The summed E-state index contributed by atoms with van der Waals surface area (Å²) in [5.74, 6) is 1.35. The summed E-state index contributed by atoms with van der Waals surface area (Å²) in [7, 11) is 1.62. The molecule has 1 aliphatic rings. The number of aromatic nitrogens is 4. The predicted octanol–water partition coefficient (Wildman–Crippen LogP) is 3.89. The third-order valence-electron chi connectivity index (χ3n) is 5.86. The molecule has 0 radical (unpaired) electrons. The van der Waals surface area contributed by atoms with Gasteiger partial charge in [0.15, 0.2) is 0 Å².